The molecule has 2 aliphatic rings. The first kappa shape index (κ1) is 11.2. The lowest BCUT2D eigenvalue weighted by Crippen LogP contribution is -2.55. The van der Waals surface area contributed by atoms with Crippen LogP contribution in [0.15, 0.2) is 30.3 Å². The molecule has 2 fully saturated rings. The van der Waals surface area contributed by atoms with E-state index in [4.69, 9.17) is 0 Å². The Bertz CT molecular complexity index is 365. The molecule has 0 amide bonds. The molecule has 0 bridgehead atoms. The molecular formula is C14H21N3. The van der Waals surface area contributed by atoms with Gasteiger partial charge in [-0.3, -0.25) is 9.80 Å². The number of nitrogens with zero attached hydrogens (tertiary/aromatic N) is 2. The van der Waals surface area contributed by atoms with Gasteiger partial charge in [0.15, 0.2) is 0 Å². The lowest BCUT2D eigenvalue weighted by atomic mass is 10.1. The summed E-state index contributed by atoms with van der Waals surface area (Å²) in [7, 11) is 2.25. The molecule has 0 unspecified atom stereocenters. The molecular weight excluding hydrogens is 210 g/mol. The van der Waals surface area contributed by atoms with Crippen LogP contribution in [0.1, 0.15) is 5.56 Å². The van der Waals surface area contributed by atoms with Gasteiger partial charge in [-0.25, -0.2) is 0 Å². The molecule has 17 heavy (non-hydrogen) atoms. The number of hydrogen-bond acceptors (Lipinski definition) is 3. The molecule has 2 atom stereocenters. The van der Waals surface area contributed by atoms with Gasteiger partial charge in [0.1, 0.15) is 0 Å². The fraction of sp³-hybridized carbons (Fsp3) is 0.571. The van der Waals surface area contributed by atoms with E-state index in [0.29, 0.717) is 12.1 Å². The first-order chi connectivity index (χ1) is 8.33. The van der Waals surface area contributed by atoms with E-state index in [-0.39, 0.29) is 0 Å². The number of piperazine rings is 1. The Hall–Kier alpha value is -0.900. The molecule has 2 aliphatic heterocycles. The van der Waals surface area contributed by atoms with Crippen LogP contribution in [0.25, 0.3) is 0 Å². The number of benzene rings is 1. The summed E-state index contributed by atoms with van der Waals surface area (Å²) in [6.45, 7) is 5.79. The number of hydrogen-bond donors (Lipinski definition) is 1. The third-order valence-corrected chi connectivity index (χ3v) is 4.05. The summed E-state index contributed by atoms with van der Waals surface area (Å²) in [6, 6.07) is 12.1. The van der Waals surface area contributed by atoms with Gasteiger partial charge in [0.05, 0.1) is 0 Å². The first-order valence-electron chi connectivity index (χ1n) is 6.53. The average molecular weight is 231 g/mol. The Morgan fingerprint density at radius 3 is 2.82 bits per heavy atom. The van der Waals surface area contributed by atoms with Crippen LogP contribution in [0.5, 0.6) is 0 Å². The summed E-state index contributed by atoms with van der Waals surface area (Å²) in [5, 5.41) is 3.64. The van der Waals surface area contributed by atoms with Crippen LogP contribution < -0.4 is 5.32 Å². The molecule has 2 heterocycles. The highest BCUT2D eigenvalue weighted by molar-refractivity contribution is 5.15. The largest absolute Gasteiger partial charge is 0.310 e. The summed E-state index contributed by atoms with van der Waals surface area (Å²) in [5.41, 5.74) is 1.42. The van der Waals surface area contributed by atoms with Crippen LogP contribution in [-0.2, 0) is 6.54 Å². The van der Waals surface area contributed by atoms with E-state index in [1.165, 1.54) is 25.2 Å². The van der Waals surface area contributed by atoms with E-state index < -0.39 is 0 Å². The zero-order chi connectivity index (χ0) is 11.7. The number of likely N-dealkylation sites (N-methyl/N-ethyl adjacent to an activating group) is 1. The fourth-order valence-corrected chi connectivity index (χ4v) is 3.08. The second-order valence-electron chi connectivity index (χ2n) is 5.29. The maximum Gasteiger partial charge on any atom is 0.0386 e. The maximum atomic E-state index is 3.64. The van der Waals surface area contributed by atoms with Crippen molar-refractivity contribution in [1.29, 1.82) is 0 Å². The van der Waals surface area contributed by atoms with Crippen LogP contribution in [0.4, 0.5) is 0 Å². The van der Waals surface area contributed by atoms with E-state index in [1.807, 2.05) is 0 Å². The highest BCUT2D eigenvalue weighted by Crippen LogP contribution is 2.19. The number of nitrogens with one attached hydrogen (secondary N) is 1. The van der Waals surface area contributed by atoms with Crippen molar-refractivity contribution in [2.24, 2.45) is 0 Å². The minimum Gasteiger partial charge on any atom is -0.310 e. The number of rotatable bonds is 2. The molecule has 0 radical (unpaired) electrons. The van der Waals surface area contributed by atoms with Crippen molar-refractivity contribution in [2.75, 3.05) is 33.2 Å². The quantitative estimate of drug-likeness (QED) is 0.811. The lowest BCUT2D eigenvalue weighted by molar-refractivity contribution is 0.179. The van der Waals surface area contributed by atoms with Gasteiger partial charge in [0, 0.05) is 44.8 Å². The van der Waals surface area contributed by atoms with Crippen molar-refractivity contribution in [2.45, 2.75) is 18.6 Å². The molecule has 0 aliphatic carbocycles. The molecule has 0 saturated carbocycles. The van der Waals surface area contributed by atoms with E-state index in [2.05, 4.69) is 52.5 Å². The summed E-state index contributed by atoms with van der Waals surface area (Å²) in [4.78, 5) is 5.08. The molecule has 0 aromatic heterocycles. The third kappa shape index (κ3) is 2.37. The van der Waals surface area contributed by atoms with E-state index in [0.717, 1.165) is 13.1 Å². The SMILES string of the molecule is CN1CCN[C@@H]2CN(Cc3ccccc3)C[C@H]21. The van der Waals surface area contributed by atoms with Gasteiger partial charge < -0.3 is 5.32 Å². The monoisotopic (exact) mass is 231 g/mol. The average Bonchev–Trinajstić information content (AvgIpc) is 2.74. The van der Waals surface area contributed by atoms with Crippen molar-refractivity contribution < 1.29 is 0 Å². The normalized spacial score (nSPS) is 30.4. The second kappa shape index (κ2) is 4.77. The molecule has 2 saturated heterocycles. The Labute approximate surface area is 103 Å². The summed E-state index contributed by atoms with van der Waals surface area (Å²) in [5.74, 6) is 0. The van der Waals surface area contributed by atoms with Crippen LogP contribution >= 0.6 is 0 Å². The highest BCUT2D eigenvalue weighted by atomic mass is 15.3. The molecule has 1 aromatic carbocycles. The molecule has 0 spiro atoms. The smallest absolute Gasteiger partial charge is 0.0386 e. The molecule has 3 nitrogen and oxygen atoms in total. The predicted octanol–water partition coefficient (Wildman–Crippen LogP) is 0.774. The van der Waals surface area contributed by atoms with Gasteiger partial charge in [-0.05, 0) is 12.6 Å². The van der Waals surface area contributed by atoms with E-state index in [1.54, 1.807) is 0 Å². The summed E-state index contributed by atoms with van der Waals surface area (Å²) >= 11 is 0. The lowest BCUT2D eigenvalue weighted by Gasteiger charge is -2.34. The summed E-state index contributed by atoms with van der Waals surface area (Å²) in [6.07, 6.45) is 0. The molecule has 92 valence electrons. The Morgan fingerprint density at radius 2 is 2.06 bits per heavy atom. The minimum absolute atomic E-state index is 0.664. The molecule has 1 aromatic rings. The minimum atomic E-state index is 0.664. The van der Waals surface area contributed by atoms with Gasteiger partial charge in [0.25, 0.3) is 0 Å². The summed E-state index contributed by atoms with van der Waals surface area (Å²) < 4.78 is 0. The first-order valence-corrected chi connectivity index (χ1v) is 6.53. The van der Waals surface area contributed by atoms with Crippen molar-refractivity contribution in [1.82, 2.24) is 15.1 Å². The van der Waals surface area contributed by atoms with E-state index in [9.17, 15) is 0 Å². The third-order valence-electron chi connectivity index (χ3n) is 4.05. The van der Waals surface area contributed by atoms with Crippen molar-refractivity contribution >= 4 is 0 Å². The van der Waals surface area contributed by atoms with Gasteiger partial charge in [0.2, 0.25) is 0 Å². The Kier molecular flexibility index (Phi) is 3.14. The fourth-order valence-electron chi connectivity index (χ4n) is 3.08. The molecule has 3 heteroatoms. The zero-order valence-electron chi connectivity index (χ0n) is 10.5. The number of likely N-dealkylation sites (tertiary alicyclic amines) is 1. The Balaban J connectivity index is 1.64. The zero-order valence-corrected chi connectivity index (χ0v) is 10.5. The van der Waals surface area contributed by atoms with Crippen molar-refractivity contribution in [3.63, 3.8) is 0 Å². The maximum absolute atomic E-state index is 3.64. The second-order valence-corrected chi connectivity index (χ2v) is 5.29. The highest BCUT2D eigenvalue weighted by Gasteiger charge is 2.36. The van der Waals surface area contributed by atoms with Crippen LogP contribution in [0.3, 0.4) is 0 Å². The number of fused-ring (bicyclic) bond motifs is 1. The van der Waals surface area contributed by atoms with Crippen molar-refractivity contribution in [3.8, 4) is 0 Å². The van der Waals surface area contributed by atoms with E-state index >= 15 is 0 Å². The van der Waals surface area contributed by atoms with Gasteiger partial charge in [-0.1, -0.05) is 30.3 Å². The standard InChI is InChI=1S/C14H21N3/c1-16-8-7-15-13-10-17(11-14(13)16)9-12-5-3-2-4-6-12/h2-6,13-15H,7-11H2,1H3/t13-,14-/m1/s1. The van der Waals surface area contributed by atoms with Crippen LogP contribution in [0.2, 0.25) is 0 Å². The van der Waals surface area contributed by atoms with Gasteiger partial charge in [-0.15, -0.1) is 0 Å². The molecule has 1 N–H and O–H groups in total. The predicted molar refractivity (Wildman–Crippen MR) is 69.9 cm³/mol. The van der Waals surface area contributed by atoms with Crippen LogP contribution in [0, 0.1) is 0 Å². The van der Waals surface area contributed by atoms with Gasteiger partial charge >= 0.3 is 0 Å². The Morgan fingerprint density at radius 1 is 1.24 bits per heavy atom. The topological polar surface area (TPSA) is 18.5 Å². The van der Waals surface area contributed by atoms with Crippen LogP contribution in [-0.4, -0.2) is 55.1 Å². The van der Waals surface area contributed by atoms with Crippen molar-refractivity contribution in [3.05, 3.63) is 35.9 Å². The molecule has 3 rings (SSSR count). The van der Waals surface area contributed by atoms with Gasteiger partial charge in [-0.2, -0.15) is 0 Å².